The molecule has 0 atom stereocenters. The Morgan fingerprint density at radius 3 is 1.13 bits per heavy atom. The molecule has 4 aromatic heterocycles. The summed E-state index contributed by atoms with van der Waals surface area (Å²) in [6, 6.07) is 39.6. The topological polar surface area (TPSA) is 60.4 Å². The molecule has 76 heavy (non-hydrogen) atoms. The maximum atomic E-state index is 5.59. The normalized spacial score (nSPS) is 17.9. The summed E-state index contributed by atoms with van der Waals surface area (Å²) in [6.07, 6.45) is 0. The van der Waals surface area contributed by atoms with Crippen LogP contribution in [0, 0.1) is 36.8 Å². The predicted molar refractivity (Wildman–Crippen MR) is 310 cm³/mol. The molecule has 0 bridgehead atoms. The number of hydrogen-bond acceptors (Lipinski definition) is 4. The van der Waals surface area contributed by atoms with Crippen LogP contribution in [0.3, 0.4) is 0 Å². The summed E-state index contributed by atoms with van der Waals surface area (Å²) >= 11 is 0. The number of imidazole rings is 2. The third kappa shape index (κ3) is 7.14. The number of rotatable bonds is 3. The molecule has 0 aliphatic heterocycles. The van der Waals surface area contributed by atoms with Gasteiger partial charge in [0.1, 0.15) is 11.6 Å². The summed E-state index contributed by atoms with van der Waals surface area (Å²) in [6.45, 7) is 46.9. The Morgan fingerprint density at radius 1 is 0.421 bits per heavy atom. The van der Waals surface area contributed by atoms with Crippen molar-refractivity contribution in [2.24, 2.45) is 10.8 Å². The summed E-state index contributed by atoms with van der Waals surface area (Å²) in [4.78, 5) is 22.1. The Morgan fingerprint density at radius 2 is 0.776 bits per heavy atom. The van der Waals surface area contributed by atoms with E-state index in [-0.39, 0.29) is 83.5 Å². The van der Waals surface area contributed by atoms with Gasteiger partial charge in [0.2, 0.25) is 0 Å². The molecular weight excluding hydrogens is 1290 g/mol. The monoisotopic (exact) mass is 1360 g/mol. The van der Waals surface area contributed by atoms with Gasteiger partial charge in [0.05, 0.1) is 33.4 Å². The molecule has 4 heterocycles. The maximum Gasteiger partial charge on any atom is 0.102 e. The van der Waals surface area contributed by atoms with Crippen molar-refractivity contribution in [3.05, 3.63) is 142 Å². The third-order valence-corrected chi connectivity index (χ3v) is 20.2. The Balaban J connectivity index is 0.00000328. The molecule has 0 saturated carbocycles. The first-order valence-electron chi connectivity index (χ1n) is 27.0. The van der Waals surface area contributed by atoms with Crippen LogP contribution in [0.4, 0.5) is 0 Å². The Bertz CT molecular complexity index is 3870. The van der Waals surface area contributed by atoms with Crippen LogP contribution in [0.15, 0.2) is 84.9 Å². The second kappa shape index (κ2) is 16.7. The quantitative estimate of drug-likeness (QED) is 0.165. The maximum absolute atomic E-state index is 5.59. The minimum atomic E-state index is -0.277. The zero-order valence-corrected chi connectivity index (χ0v) is 53.2. The van der Waals surface area contributed by atoms with E-state index in [9.17, 15) is 0 Å². The van der Waals surface area contributed by atoms with Crippen molar-refractivity contribution in [1.29, 1.82) is 0 Å². The van der Waals surface area contributed by atoms with Gasteiger partial charge in [-0.25, -0.2) is 0 Å². The van der Waals surface area contributed by atoms with Crippen LogP contribution in [-0.4, -0.2) is 28.7 Å². The van der Waals surface area contributed by atoms with Crippen LogP contribution >= 0.6 is 0 Å². The van der Waals surface area contributed by atoms with Crippen LogP contribution in [0.5, 0.6) is 0 Å². The second-order valence-electron chi connectivity index (χ2n) is 27.8. The van der Waals surface area contributed by atoms with Crippen LogP contribution in [0.2, 0.25) is 0 Å². The van der Waals surface area contributed by atoms with E-state index in [4.69, 9.17) is 19.9 Å². The van der Waals surface area contributed by atoms with Crippen molar-refractivity contribution < 1.29 is 40.2 Å². The van der Waals surface area contributed by atoms with E-state index >= 15 is 0 Å². The van der Waals surface area contributed by atoms with Gasteiger partial charge in [0.25, 0.3) is 0 Å². The van der Waals surface area contributed by atoms with E-state index in [1.54, 1.807) is 0 Å². The molecule has 6 aromatic carbocycles. The fraction of sp³-hybridized carbons (Fsp3) is 0.412. The van der Waals surface area contributed by atoms with E-state index in [1.165, 1.54) is 33.4 Å². The molecule has 0 amide bonds. The summed E-state index contributed by atoms with van der Waals surface area (Å²) < 4.78 is 4.65. The average Bonchev–Trinajstić information content (AvgIpc) is 3.94. The van der Waals surface area contributed by atoms with Crippen molar-refractivity contribution in [3.8, 4) is 33.4 Å². The van der Waals surface area contributed by atoms with Gasteiger partial charge in [0, 0.05) is 51.0 Å². The summed E-state index contributed by atoms with van der Waals surface area (Å²) in [5.41, 5.74) is 21.9. The second-order valence-corrected chi connectivity index (χ2v) is 27.8. The van der Waals surface area contributed by atoms with E-state index in [1.807, 2.05) is 0 Å². The fourth-order valence-corrected chi connectivity index (χ4v) is 13.6. The van der Waals surface area contributed by atoms with Crippen molar-refractivity contribution in [1.82, 2.24) is 28.7 Å². The molecule has 10 aromatic rings. The van der Waals surface area contributed by atoms with E-state index in [2.05, 4.69) is 244 Å². The third-order valence-electron chi connectivity index (χ3n) is 20.2. The molecule has 2 aliphatic carbocycles. The predicted octanol–water partition coefficient (Wildman–Crippen LogP) is 17.4. The summed E-state index contributed by atoms with van der Waals surface area (Å²) in [5.74, 6) is 1.97. The molecule has 12 rings (SSSR count). The standard InChI is InChI=1S/C68H74N6.2Ir/c1-37-28-38(2)30-41(29-37)56-42(39-24-26-44-50(31-39)71-59(61(3,4)5)73-54-35-48-46(33-52(54)69-57(44)73)63(9,10)67(17,18)65(48,13)14)22-21-23-43(56)40-25-27-45-51(32-40)72-60(62(6,7)8)74-55-36-49-47(34-53(55)70-58(45)74)64(11,12)68(19,20)66(49,15)16;;/h21-25,28-36H,1-20H3;;/q-2;;. The van der Waals surface area contributed by atoms with Gasteiger partial charge < -0.3 is 8.80 Å². The molecule has 0 spiro atoms. The SMILES string of the molecule is Cc1cc(C)cc(-c2c(-c3c[c-]c4c(c3)nc(C(C)(C)C)n3c5cc6c(cc5nc43)C(C)(C)C(C)(C)C6(C)C)cccc2-c2c[c-]c3c(c2)nc(C(C)(C)C)n2c4cc5c(cc4nc32)C(C)(C)C(C)(C)C5(C)C)c1.[Ir].[Ir]. The minimum Gasteiger partial charge on any atom is -0.321 e. The van der Waals surface area contributed by atoms with E-state index in [0.29, 0.717) is 0 Å². The number of aromatic nitrogens is 6. The van der Waals surface area contributed by atoms with Crippen molar-refractivity contribution in [2.45, 2.75) is 171 Å². The zero-order chi connectivity index (χ0) is 53.2. The minimum absolute atomic E-state index is 0. The van der Waals surface area contributed by atoms with Gasteiger partial charge in [0.15, 0.2) is 0 Å². The molecule has 0 N–H and O–H groups in total. The molecule has 396 valence electrons. The Hall–Kier alpha value is -5.10. The number of benzene rings is 6. The molecule has 2 radical (unpaired) electrons. The molecular formula is C68H74Ir2N6-2. The fourth-order valence-electron chi connectivity index (χ4n) is 13.6. The molecule has 8 heteroatoms. The van der Waals surface area contributed by atoms with Crippen molar-refractivity contribution in [2.75, 3.05) is 0 Å². The first-order chi connectivity index (χ1) is 34.3. The Labute approximate surface area is 478 Å². The van der Waals surface area contributed by atoms with Crippen LogP contribution in [-0.2, 0) is 72.7 Å². The molecule has 0 fully saturated rings. The van der Waals surface area contributed by atoms with Crippen LogP contribution in [0.1, 0.15) is 170 Å². The summed E-state index contributed by atoms with van der Waals surface area (Å²) in [7, 11) is 0. The Kier molecular flexibility index (Phi) is 11.9. The first kappa shape index (κ1) is 54.3. The van der Waals surface area contributed by atoms with Gasteiger partial charge in [-0.2, -0.15) is 0 Å². The van der Waals surface area contributed by atoms with E-state index in [0.717, 1.165) is 100 Å². The first-order valence-corrected chi connectivity index (χ1v) is 27.0. The number of hydrogen-bond donors (Lipinski definition) is 0. The van der Waals surface area contributed by atoms with Gasteiger partial charge in [-0.05, 0) is 115 Å². The zero-order valence-electron chi connectivity index (χ0n) is 48.4. The van der Waals surface area contributed by atoms with Gasteiger partial charge >= 0.3 is 0 Å². The van der Waals surface area contributed by atoms with Crippen molar-refractivity contribution >= 4 is 55.2 Å². The largest absolute Gasteiger partial charge is 0.321 e. The summed E-state index contributed by atoms with van der Waals surface area (Å²) in [5, 5.41) is 1.84. The van der Waals surface area contributed by atoms with Crippen LogP contribution < -0.4 is 0 Å². The average molecular weight is 1360 g/mol. The number of fused-ring (bicyclic) bond motifs is 12. The van der Waals surface area contributed by atoms with Crippen molar-refractivity contribution in [3.63, 3.8) is 0 Å². The van der Waals surface area contributed by atoms with Gasteiger partial charge in [-0.1, -0.05) is 205 Å². The molecule has 0 saturated heterocycles. The molecule has 0 unspecified atom stereocenters. The van der Waals surface area contributed by atoms with Gasteiger partial charge in [-0.3, -0.25) is 19.9 Å². The van der Waals surface area contributed by atoms with E-state index < -0.39 is 0 Å². The smallest absolute Gasteiger partial charge is 0.102 e. The number of nitrogens with zero attached hydrogens (tertiary/aromatic N) is 6. The number of aryl methyl sites for hydroxylation is 2. The molecule has 6 nitrogen and oxygen atoms in total. The molecule has 2 aliphatic rings. The van der Waals surface area contributed by atoms with Gasteiger partial charge in [-0.15, -0.1) is 36.4 Å². The van der Waals surface area contributed by atoms with Crippen LogP contribution in [0.25, 0.3) is 88.5 Å².